The molecule has 0 aliphatic carbocycles. The van der Waals surface area contributed by atoms with Gasteiger partial charge in [-0.1, -0.05) is 19.4 Å². The maximum Gasteiger partial charge on any atom is 0.271 e. The lowest BCUT2D eigenvalue weighted by Crippen LogP contribution is -2.24. The zero-order valence-electron chi connectivity index (χ0n) is 13.4. The predicted octanol–water partition coefficient (Wildman–Crippen LogP) is 2.94. The second-order valence-electron chi connectivity index (χ2n) is 5.25. The molecule has 0 radical (unpaired) electrons. The molecule has 1 aromatic heterocycles. The van der Waals surface area contributed by atoms with Crippen molar-refractivity contribution in [3.63, 3.8) is 0 Å². The van der Waals surface area contributed by atoms with Gasteiger partial charge in [-0.3, -0.25) is 4.72 Å². The number of sulfonamides is 2. The van der Waals surface area contributed by atoms with Crippen LogP contribution in [0.2, 0.25) is 0 Å². The molecule has 2 rings (SSSR count). The number of thiophene rings is 1. The second kappa shape index (κ2) is 7.64. The number of aryl methyl sites for hydroxylation is 1. The number of anilines is 1. The zero-order chi connectivity index (χ0) is 17.8. The quantitative estimate of drug-likeness (QED) is 0.680. The fraction of sp³-hybridized carbons (Fsp3) is 0.333. The van der Waals surface area contributed by atoms with Gasteiger partial charge in [-0.05, 0) is 43.7 Å². The lowest BCUT2D eigenvalue weighted by molar-refractivity contribution is 0.578. The summed E-state index contributed by atoms with van der Waals surface area (Å²) in [5.41, 5.74) is 0.208. The maximum atomic E-state index is 12.3. The van der Waals surface area contributed by atoms with E-state index in [9.17, 15) is 16.8 Å². The van der Waals surface area contributed by atoms with Crippen molar-refractivity contribution in [2.75, 3.05) is 11.3 Å². The fourth-order valence-electron chi connectivity index (χ4n) is 1.96. The zero-order valence-corrected chi connectivity index (χ0v) is 15.9. The van der Waals surface area contributed by atoms with E-state index in [2.05, 4.69) is 9.44 Å². The van der Waals surface area contributed by atoms with E-state index in [-0.39, 0.29) is 14.8 Å². The molecule has 0 atom stereocenters. The molecule has 9 heteroatoms. The average Bonchev–Trinajstić information content (AvgIpc) is 2.95. The van der Waals surface area contributed by atoms with Gasteiger partial charge >= 0.3 is 0 Å². The van der Waals surface area contributed by atoms with Crippen LogP contribution in [0.3, 0.4) is 0 Å². The standard InChI is InChI=1S/C15H20N2O4S3/c1-3-4-10-16-23(18,19)14-7-5-6-13(11-14)17-24(20,21)15-9-8-12(2)22-15/h5-9,11,16-17H,3-4,10H2,1-2H3. The van der Waals surface area contributed by atoms with Gasteiger partial charge < -0.3 is 0 Å². The van der Waals surface area contributed by atoms with E-state index in [1.165, 1.54) is 30.3 Å². The molecule has 6 nitrogen and oxygen atoms in total. The van der Waals surface area contributed by atoms with E-state index in [0.717, 1.165) is 29.1 Å². The van der Waals surface area contributed by atoms with Gasteiger partial charge in [-0.25, -0.2) is 21.6 Å². The highest BCUT2D eigenvalue weighted by atomic mass is 32.2. The number of unbranched alkanes of at least 4 members (excludes halogenated alkanes) is 1. The van der Waals surface area contributed by atoms with Crippen LogP contribution in [-0.2, 0) is 20.0 Å². The maximum absolute atomic E-state index is 12.3. The molecule has 2 aromatic rings. The first kappa shape index (κ1) is 18.9. The van der Waals surface area contributed by atoms with Crippen molar-refractivity contribution in [3.8, 4) is 0 Å². The summed E-state index contributed by atoms with van der Waals surface area (Å²) in [6, 6.07) is 9.01. The van der Waals surface area contributed by atoms with Crippen molar-refractivity contribution < 1.29 is 16.8 Å². The summed E-state index contributed by atoms with van der Waals surface area (Å²) in [7, 11) is -7.38. The summed E-state index contributed by atoms with van der Waals surface area (Å²) in [6.07, 6.45) is 1.62. The Balaban J connectivity index is 2.21. The van der Waals surface area contributed by atoms with Crippen molar-refractivity contribution in [1.82, 2.24) is 4.72 Å². The van der Waals surface area contributed by atoms with E-state index >= 15 is 0 Å². The van der Waals surface area contributed by atoms with Crippen molar-refractivity contribution in [2.24, 2.45) is 0 Å². The summed E-state index contributed by atoms with van der Waals surface area (Å²) in [4.78, 5) is 0.910. The number of rotatable bonds is 8. The molecule has 0 spiro atoms. The van der Waals surface area contributed by atoms with Gasteiger partial charge in [0.15, 0.2) is 0 Å². The molecule has 132 valence electrons. The van der Waals surface area contributed by atoms with Crippen LogP contribution in [0.25, 0.3) is 0 Å². The molecule has 0 saturated heterocycles. The average molecular weight is 389 g/mol. The molecule has 1 heterocycles. The van der Waals surface area contributed by atoms with Gasteiger partial charge in [0.1, 0.15) is 4.21 Å². The highest BCUT2D eigenvalue weighted by Crippen LogP contribution is 2.24. The molecule has 0 bridgehead atoms. The van der Waals surface area contributed by atoms with Crippen molar-refractivity contribution in [2.45, 2.75) is 35.8 Å². The van der Waals surface area contributed by atoms with Crippen LogP contribution in [0, 0.1) is 6.92 Å². The van der Waals surface area contributed by atoms with E-state index < -0.39 is 20.0 Å². The Bertz CT molecular complexity index is 902. The topological polar surface area (TPSA) is 92.3 Å². The second-order valence-corrected chi connectivity index (χ2v) is 10.2. The first-order valence-corrected chi connectivity index (χ1v) is 11.2. The molecule has 0 unspecified atom stereocenters. The van der Waals surface area contributed by atoms with Crippen LogP contribution >= 0.6 is 11.3 Å². The Hall–Kier alpha value is -1.42. The minimum atomic E-state index is -3.72. The van der Waals surface area contributed by atoms with Gasteiger partial charge in [0, 0.05) is 11.4 Å². The summed E-state index contributed by atoms with van der Waals surface area (Å²) < 4.78 is 54.2. The fourth-order valence-corrected chi connectivity index (χ4v) is 5.41. The van der Waals surface area contributed by atoms with Crippen LogP contribution in [0.1, 0.15) is 24.6 Å². The van der Waals surface area contributed by atoms with E-state index in [1.54, 1.807) is 6.07 Å². The third-order valence-electron chi connectivity index (χ3n) is 3.20. The van der Waals surface area contributed by atoms with Gasteiger partial charge in [0.2, 0.25) is 10.0 Å². The first-order chi connectivity index (χ1) is 11.2. The Labute approximate surface area is 147 Å². The molecular formula is C15H20N2O4S3. The van der Waals surface area contributed by atoms with Crippen molar-refractivity contribution in [1.29, 1.82) is 0 Å². The molecule has 0 aliphatic rings. The predicted molar refractivity (Wildman–Crippen MR) is 96.4 cm³/mol. The number of hydrogen-bond donors (Lipinski definition) is 2. The van der Waals surface area contributed by atoms with Crippen LogP contribution in [0.15, 0.2) is 45.5 Å². The van der Waals surface area contributed by atoms with Gasteiger partial charge in [0.25, 0.3) is 10.0 Å². The Morgan fingerprint density at radius 1 is 1.04 bits per heavy atom. The minimum Gasteiger partial charge on any atom is -0.279 e. The summed E-state index contributed by atoms with van der Waals surface area (Å²) in [5.74, 6) is 0. The normalized spacial score (nSPS) is 12.2. The molecular weight excluding hydrogens is 368 g/mol. The third-order valence-corrected chi connectivity index (χ3v) is 7.53. The smallest absolute Gasteiger partial charge is 0.271 e. The highest BCUT2D eigenvalue weighted by Gasteiger charge is 2.18. The van der Waals surface area contributed by atoms with Crippen molar-refractivity contribution in [3.05, 3.63) is 41.3 Å². The molecule has 0 saturated carbocycles. The molecule has 0 amide bonds. The number of benzene rings is 1. The highest BCUT2D eigenvalue weighted by molar-refractivity contribution is 7.94. The van der Waals surface area contributed by atoms with Crippen LogP contribution in [0.5, 0.6) is 0 Å². The molecule has 0 aliphatic heterocycles. The number of hydrogen-bond acceptors (Lipinski definition) is 5. The van der Waals surface area contributed by atoms with Gasteiger partial charge in [-0.15, -0.1) is 11.3 Å². The summed E-state index contributed by atoms with van der Waals surface area (Å²) in [6.45, 7) is 4.14. The summed E-state index contributed by atoms with van der Waals surface area (Å²) in [5, 5.41) is 0. The van der Waals surface area contributed by atoms with Crippen LogP contribution in [-0.4, -0.2) is 23.4 Å². The Morgan fingerprint density at radius 2 is 1.79 bits per heavy atom. The Kier molecular flexibility index (Phi) is 6.02. The monoisotopic (exact) mass is 388 g/mol. The van der Waals surface area contributed by atoms with Crippen LogP contribution < -0.4 is 9.44 Å². The van der Waals surface area contributed by atoms with Crippen LogP contribution in [0.4, 0.5) is 5.69 Å². The van der Waals surface area contributed by atoms with E-state index in [1.807, 2.05) is 13.8 Å². The minimum absolute atomic E-state index is 0.0289. The van der Waals surface area contributed by atoms with Gasteiger partial charge in [-0.2, -0.15) is 0 Å². The summed E-state index contributed by atoms with van der Waals surface area (Å²) >= 11 is 1.16. The number of nitrogens with one attached hydrogen (secondary N) is 2. The SMILES string of the molecule is CCCCNS(=O)(=O)c1cccc(NS(=O)(=O)c2ccc(C)s2)c1. The van der Waals surface area contributed by atoms with Gasteiger partial charge in [0.05, 0.1) is 10.6 Å². The Morgan fingerprint density at radius 3 is 2.42 bits per heavy atom. The molecule has 2 N–H and O–H groups in total. The molecule has 24 heavy (non-hydrogen) atoms. The molecule has 0 fully saturated rings. The van der Waals surface area contributed by atoms with Crippen molar-refractivity contribution >= 4 is 37.1 Å². The lowest BCUT2D eigenvalue weighted by Gasteiger charge is -2.10. The molecule has 1 aromatic carbocycles. The van der Waals surface area contributed by atoms with E-state index in [0.29, 0.717) is 6.54 Å². The lowest BCUT2D eigenvalue weighted by atomic mass is 10.3. The largest absolute Gasteiger partial charge is 0.279 e. The first-order valence-electron chi connectivity index (χ1n) is 7.43. The van der Waals surface area contributed by atoms with E-state index in [4.69, 9.17) is 0 Å². The third kappa shape index (κ3) is 4.79.